The SMILES string of the molecule is CCCCCc1ccc([C@H]2CC[C@H](CC[C@H]3CC[C@H](C=CC=CC#N)CC3)CC2)cc1. The second-order valence-corrected chi connectivity index (χ2v) is 10.1. The number of nitrogens with zero attached hydrogens (tertiary/aromatic N) is 1. The van der Waals surface area contributed by atoms with Gasteiger partial charge in [0.05, 0.1) is 6.07 Å². The van der Waals surface area contributed by atoms with Gasteiger partial charge in [-0.15, -0.1) is 0 Å². The molecule has 3 rings (SSSR count). The monoisotopic (exact) mass is 417 g/mol. The first-order chi connectivity index (χ1) is 15.3. The largest absolute Gasteiger partial charge is 0.193 e. The minimum Gasteiger partial charge on any atom is -0.193 e. The summed E-state index contributed by atoms with van der Waals surface area (Å²) < 4.78 is 0. The molecule has 0 N–H and O–H groups in total. The van der Waals surface area contributed by atoms with Gasteiger partial charge in [0, 0.05) is 6.08 Å². The normalized spacial score (nSPS) is 27.0. The van der Waals surface area contributed by atoms with E-state index in [2.05, 4.69) is 49.4 Å². The Morgan fingerprint density at radius 1 is 0.839 bits per heavy atom. The van der Waals surface area contributed by atoms with Gasteiger partial charge < -0.3 is 0 Å². The number of aryl methyl sites for hydroxylation is 1. The second-order valence-electron chi connectivity index (χ2n) is 10.1. The lowest BCUT2D eigenvalue weighted by atomic mass is 9.74. The summed E-state index contributed by atoms with van der Waals surface area (Å²) in [6.07, 6.45) is 27.1. The van der Waals surface area contributed by atoms with E-state index >= 15 is 0 Å². The average Bonchev–Trinajstić information content (AvgIpc) is 2.82. The zero-order valence-electron chi connectivity index (χ0n) is 19.8. The predicted octanol–water partition coefficient (Wildman–Crippen LogP) is 8.92. The summed E-state index contributed by atoms with van der Waals surface area (Å²) >= 11 is 0. The van der Waals surface area contributed by atoms with Crippen LogP contribution in [-0.2, 0) is 6.42 Å². The van der Waals surface area contributed by atoms with Crippen LogP contribution in [0.25, 0.3) is 0 Å². The van der Waals surface area contributed by atoms with Crippen LogP contribution in [0.2, 0.25) is 0 Å². The summed E-state index contributed by atoms with van der Waals surface area (Å²) in [5, 5.41) is 8.55. The number of unbranched alkanes of at least 4 members (excludes halogenated alkanes) is 2. The van der Waals surface area contributed by atoms with E-state index in [4.69, 9.17) is 5.26 Å². The van der Waals surface area contributed by atoms with Gasteiger partial charge in [0.25, 0.3) is 0 Å². The maximum absolute atomic E-state index is 8.55. The van der Waals surface area contributed by atoms with E-state index in [-0.39, 0.29) is 0 Å². The van der Waals surface area contributed by atoms with Gasteiger partial charge in [-0.3, -0.25) is 0 Å². The number of rotatable bonds is 10. The van der Waals surface area contributed by atoms with Crippen LogP contribution in [-0.4, -0.2) is 0 Å². The van der Waals surface area contributed by atoms with Crippen LogP contribution < -0.4 is 0 Å². The highest BCUT2D eigenvalue weighted by molar-refractivity contribution is 5.26. The lowest BCUT2D eigenvalue weighted by Gasteiger charge is -2.31. The molecule has 2 aliphatic carbocycles. The molecule has 0 spiro atoms. The van der Waals surface area contributed by atoms with Crippen molar-refractivity contribution in [3.8, 4) is 6.07 Å². The van der Waals surface area contributed by atoms with Crippen LogP contribution in [0.1, 0.15) is 107 Å². The van der Waals surface area contributed by atoms with Crippen LogP contribution in [0.15, 0.2) is 48.6 Å². The van der Waals surface area contributed by atoms with Crippen LogP contribution in [0.4, 0.5) is 0 Å². The summed E-state index contributed by atoms with van der Waals surface area (Å²) in [5.74, 6) is 3.46. The van der Waals surface area contributed by atoms with Crippen molar-refractivity contribution in [3.05, 3.63) is 59.7 Å². The smallest absolute Gasteiger partial charge is 0.0912 e. The van der Waals surface area contributed by atoms with Crippen LogP contribution in [0.3, 0.4) is 0 Å². The third kappa shape index (κ3) is 8.33. The number of benzene rings is 1. The van der Waals surface area contributed by atoms with E-state index in [1.165, 1.54) is 95.5 Å². The van der Waals surface area contributed by atoms with Crippen LogP contribution in [0.5, 0.6) is 0 Å². The first-order valence-corrected chi connectivity index (χ1v) is 13.1. The predicted molar refractivity (Wildman–Crippen MR) is 133 cm³/mol. The minimum atomic E-state index is 0.730. The number of hydrogen-bond donors (Lipinski definition) is 0. The molecule has 0 atom stereocenters. The summed E-state index contributed by atoms with van der Waals surface area (Å²) in [4.78, 5) is 0. The molecule has 2 saturated carbocycles. The molecule has 0 amide bonds. The molecular formula is C30H43N. The van der Waals surface area contributed by atoms with Crippen molar-refractivity contribution in [1.82, 2.24) is 0 Å². The molecule has 1 aromatic carbocycles. The van der Waals surface area contributed by atoms with Gasteiger partial charge in [-0.25, -0.2) is 0 Å². The first-order valence-electron chi connectivity index (χ1n) is 13.1. The van der Waals surface area contributed by atoms with Crippen molar-refractivity contribution < 1.29 is 0 Å². The second kappa shape index (κ2) is 13.6. The highest BCUT2D eigenvalue weighted by Gasteiger charge is 2.24. The fourth-order valence-electron chi connectivity index (χ4n) is 5.78. The Bertz CT molecular complexity index is 704. The Morgan fingerprint density at radius 2 is 1.48 bits per heavy atom. The summed E-state index contributed by atoms with van der Waals surface area (Å²) in [6.45, 7) is 2.28. The maximum Gasteiger partial charge on any atom is 0.0912 e. The molecule has 0 radical (unpaired) electrons. The van der Waals surface area contributed by atoms with Gasteiger partial charge in [0.1, 0.15) is 0 Å². The van der Waals surface area contributed by atoms with Crippen molar-refractivity contribution in [2.24, 2.45) is 17.8 Å². The Morgan fingerprint density at radius 3 is 2.10 bits per heavy atom. The van der Waals surface area contributed by atoms with Crippen molar-refractivity contribution in [3.63, 3.8) is 0 Å². The lowest BCUT2D eigenvalue weighted by molar-refractivity contribution is 0.246. The zero-order valence-corrected chi connectivity index (χ0v) is 19.8. The van der Waals surface area contributed by atoms with Crippen LogP contribution >= 0.6 is 0 Å². The molecule has 0 aromatic heterocycles. The zero-order chi connectivity index (χ0) is 21.7. The maximum atomic E-state index is 8.55. The van der Waals surface area contributed by atoms with Crippen molar-refractivity contribution >= 4 is 0 Å². The van der Waals surface area contributed by atoms with Gasteiger partial charge in [-0.1, -0.05) is 75.1 Å². The van der Waals surface area contributed by atoms with Gasteiger partial charge >= 0.3 is 0 Å². The Hall–Kier alpha value is -1.81. The molecule has 0 heterocycles. The van der Waals surface area contributed by atoms with Gasteiger partial charge in [-0.2, -0.15) is 5.26 Å². The molecule has 2 fully saturated rings. The highest BCUT2D eigenvalue weighted by Crippen LogP contribution is 2.40. The minimum absolute atomic E-state index is 0.730. The van der Waals surface area contributed by atoms with Gasteiger partial charge in [-0.05, 0) is 99.0 Å². The molecule has 0 unspecified atom stereocenters. The quantitative estimate of drug-likeness (QED) is 0.212. The van der Waals surface area contributed by atoms with Crippen molar-refractivity contribution in [1.29, 1.82) is 5.26 Å². The molecule has 0 bridgehead atoms. The molecule has 1 nitrogen and oxygen atoms in total. The van der Waals surface area contributed by atoms with Crippen LogP contribution in [0, 0.1) is 29.1 Å². The number of allylic oxidation sites excluding steroid dienone is 4. The third-order valence-electron chi connectivity index (χ3n) is 7.91. The Labute approximate surface area is 191 Å². The molecule has 168 valence electrons. The fraction of sp³-hybridized carbons (Fsp3) is 0.633. The van der Waals surface area contributed by atoms with Crippen molar-refractivity contribution in [2.45, 2.75) is 103 Å². The summed E-state index contributed by atoms with van der Waals surface area (Å²) in [5.41, 5.74) is 3.11. The van der Waals surface area contributed by atoms with Crippen molar-refractivity contribution in [2.75, 3.05) is 0 Å². The van der Waals surface area contributed by atoms with E-state index in [9.17, 15) is 0 Å². The van der Waals surface area contributed by atoms with Gasteiger partial charge in [0.2, 0.25) is 0 Å². The topological polar surface area (TPSA) is 23.8 Å². The summed E-state index contributed by atoms with van der Waals surface area (Å²) in [7, 11) is 0. The van der Waals surface area contributed by atoms with E-state index in [0.717, 1.165) is 23.7 Å². The highest BCUT2D eigenvalue weighted by atomic mass is 14.3. The summed E-state index contributed by atoms with van der Waals surface area (Å²) in [6, 6.07) is 11.7. The average molecular weight is 418 g/mol. The van der Waals surface area contributed by atoms with E-state index in [0.29, 0.717) is 0 Å². The molecule has 2 aliphatic rings. The molecule has 1 aromatic rings. The van der Waals surface area contributed by atoms with E-state index in [1.54, 1.807) is 11.6 Å². The van der Waals surface area contributed by atoms with Gasteiger partial charge in [0.15, 0.2) is 0 Å². The number of hydrogen-bond acceptors (Lipinski definition) is 1. The first kappa shape index (κ1) is 23.8. The Kier molecular flexibility index (Phi) is 10.4. The number of nitriles is 1. The molecule has 31 heavy (non-hydrogen) atoms. The molecule has 0 saturated heterocycles. The lowest BCUT2D eigenvalue weighted by Crippen LogP contribution is -2.17. The molecule has 1 heteroatoms. The molecule has 0 aliphatic heterocycles. The van der Waals surface area contributed by atoms with E-state index in [1.807, 2.05) is 6.08 Å². The van der Waals surface area contributed by atoms with E-state index < -0.39 is 0 Å². The Balaban J connectivity index is 1.31. The third-order valence-corrected chi connectivity index (χ3v) is 7.91. The molecular weight excluding hydrogens is 374 g/mol. The fourth-order valence-corrected chi connectivity index (χ4v) is 5.78. The standard InChI is InChI=1S/C30H43N/c1-2-3-5-8-26-16-20-29(21-17-26)30-22-18-28(19-23-30)15-14-27-12-10-25(11-13-27)9-6-4-7-24-31/h4,6-7,9,16-17,20-21,25,27-28,30H,2-3,5,8,10-15,18-19,22-23H2,1H3/t25-,27-,28-,30-.